The van der Waals surface area contributed by atoms with Crippen LogP contribution >= 0.6 is 22.7 Å². The Balaban J connectivity index is 1.78. The third-order valence-electron chi connectivity index (χ3n) is 3.32. The maximum absolute atomic E-state index is 12.2. The van der Waals surface area contributed by atoms with E-state index in [2.05, 4.69) is 5.32 Å². The fourth-order valence-electron chi connectivity index (χ4n) is 2.35. The van der Waals surface area contributed by atoms with Crippen molar-refractivity contribution in [1.82, 2.24) is 5.32 Å². The molecule has 0 bridgehead atoms. The van der Waals surface area contributed by atoms with E-state index in [0.29, 0.717) is 9.75 Å². The van der Waals surface area contributed by atoms with Gasteiger partial charge < -0.3 is 10.4 Å². The number of hydrogen-bond donors (Lipinski definition) is 2. The summed E-state index contributed by atoms with van der Waals surface area (Å²) < 4.78 is 0. The van der Waals surface area contributed by atoms with Gasteiger partial charge in [-0.1, -0.05) is 6.07 Å². The van der Waals surface area contributed by atoms with Gasteiger partial charge >= 0.3 is 5.97 Å². The van der Waals surface area contributed by atoms with Crippen LogP contribution in [-0.4, -0.2) is 17.0 Å². The second kappa shape index (κ2) is 5.38. The average Bonchev–Trinajstić information content (AvgIpc) is 3.10. The van der Waals surface area contributed by atoms with E-state index >= 15 is 0 Å². The summed E-state index contributed by atoms with van der Waals surface area (Å²) in [7, 11) is 0. The van der Waals surface area contributed by atoms with Crippen molar-refractivity contribution < 1.29 is 14.7 Å². The zero-order valence-electron chi connectivity index (χ0n) is 10.6. The number of carboxylic acid groups (broad SMARTS) is 1. The summed E-state index contributed by atoms with van der Waals surface area (Å²) in [5.74, 6) is -1.34. The highest BCUT2D eigenvalue weighted by Gasteiger charge is 2.25. The molecule has 2 N–H and O–H groups in total. The molecule has 1 amide bonds. The van der Waals surface area contributed by atoms with E-state index in [1.54, 1.807) is 17.5 Å². The number of aryl methyl sites for hydroxylation is 2. The molecule has 0 aliphatic heterocycles. The number of carboxylic acids is 1. The van der Waals surface area contributed by atoms with Gasteiger partial charge in [-0.05, 0) is 42.3 Å². The lowest BCUT2D eigenvalue weighted by Crippen LogP contribution is -2.32. The average molecular weight is 307 g/mol. The van der Waals surface area contributed by atoms with E-state index in [-0.39, 0.29) is 5.91 Å². The SMILES string of the molecule is O=C(NC(C(=O)O)c1cccs1)c1cc2c(s1)CCC2. The molecule has 1 aliphatic carbocycles. The van der Waals surface area contributed by atoms with Gasteiger partial charge in [-0.2, -0.15) is 0 Å². The Bertz CT molecular complexity index is 624. The first-order valence-electron chi connectivity index (χ1n) is 6.34. The zero-order chi connectivity index (χ0) is 14.1. The highest BCUT2D eigenvalue weighted by Crippen LogP contribution is 2.31. The van der Waals surface area contributed by atoms with Gasteiger partial charge in [0.15, 0.2) is 6.04 Å². The molecule has 1 unspecified atom stereocenters. The number of rotatable bonds is 4. The smallest absolute Gasteiger partial charge is 0.331 e. The van der Waals surface area contributed by atoms with Crippen molar-refractivity contribution in [3.05, 3.63) is 43.8 Å². The van der Waals surface area contributed by atoms with Crippen molar-refractivity contribution in [1.29, 1.82) is 0 Å². The zero-order valence-corrected chi connectivity index (χ0v) is 12.2. The Hall–Kier alpha value is -1.66. The summed E-state index contributed by atoms with van der Waals surface area (Å²) in [6.45, 7) is 0. The molecule has 6 heteroatoms. The van der Waals surface area contributed by atoms with Crippen molar-refractivity contribution in [2.75, 3.05) is 0 Å². The minimum atomic E-state index is -1.04. The van der Waals surface area contributed by atoms with Crippen LogP contribution in [0.25, 0.3) is 0 Å². The minimum absolute atomic E-state index is 0.301. The van der Waals surface area contributed by atoms with Crippen LogP contribution in [-0.2, 0) is 17.6 Å². The first kappa shape index (κ1) is 13.3. The van der Waals surface area contributed by atoms with E-state index in [0.717, 1.165) is 19.3 Å². The Morgan fingerprint density at radius 1 is 1.35 bits per heavy atom. The molecule has 0 saturated heterocycles. The number of carbonyl (C=O) groups excluding carboxylic acids is 1. The predicted octanol–water partition coefficient (Wildman–Crippen LogP) is 2.85. The number of thiophene rings is 2. The molecule has 0 saturated carbocycles. The molecule has 4 nitrogen and oxygen atoms in total. The van der Waals surface area contributed by atoms with Crippen LogP contribution in [0.15, 0.2) is 23.6 Å². The first-order valence-corrected chi connectivity index (χ1v) is 8.03. The molecule has 2 aromatic heterocycles. The maximum atomic E-state index is 12.2. The van der Waals surface area contributed by atoms with Gasteiger partial charge in [0.2, 0.25) is 0 Å². The van der Waals surface area contributed by atoms with Gasteiger partial charge in [0, 0.05) is 9.75 Å². The molecule has 0 spiro atoms. The van der Waals surface area contributed by atoms with Crippen molar-refractivity contribution in [3.8, 4) is 0 Å². The third kappa shape index (κ3) is 2.48. The van der Waals surface area contributed by atoms with Crippen molar-refractivity contribution in [2.45, 2.75) is 25.3 Å². The molecule has 3 rings (SSSR count). The number of carbonyl (C=O) groups is 2. The Kier molecular flexibility index (Phi) is 3.58. The molecule has 1 aliphatic rings. The van der Waals surface area contributed by atoms with Crippen LogP contribution in [0.5, 0.6) is 0 Å². The Labute approximate surface area is 124 Å². The van der Waals surface area contributed by atoms with Crippen LogP contribution in [0.3, 0.4) is 0 Å². The second-order valence-electron chi connectivity index (χ2n) is 4.67. The number of fused-ring (bicyclic) bond motifs is 1. The van der Waals surface area contributed by atoms with Gasteiger partial charge in [-0.15, -0.1) is 22.7 Å². The monoisotopic (exact) mass is 307 g/mol. The van der Waals surface area contributed by atoms with E-state index in [1.807, 2.05) is 6.07 Å². The van der Waals surface area contributed by atoms with E-state index in [9.17, 15) is 14.7 Å². The van der Waals surface area contributed by atoms with Gasteiger partial charge in [-0.3, -0.25) is 4.79 Å². The molecule has 2 heterocycles. The normalized spacial score (nSPS) is 14.8. The second-order valence-corrected chi connectivity index (χ2v) is 6.79. The van der Waals surface area contributed by atoms with Crippen LogP contribution in [0.4, 0.5) is 0 Å². The summed E-state index contributed by atoms with van der Waals surface area (Å²) in [6, 6.07) is 4.43. The minimum Gasteiger partial charge on any atom is -0.479 e. The highest BCUT2D eigenvalue weighted by atomic mass is 32.1. The summed E-state index contributed by atoms with van der Waals surface area (Å²) in [5, 5.41) is 13.7. The lowest BCUT2D eigenvalue weighted by Gasteiger charge is -2.12. The molecule has 104 valence electrons. The Morgan fingerprint density at radius 2 is 2.20 bits per heavy atom. The van der Waals surface area contributed by atoms with E-state index in [1.165, 1.54) is 33.1 Å². The lowest BCUT2D eigenvalue weighted by atomic mass is 10.2. The molecule has 20 heavy (non-hydrogen) atoms. The number of aliphatic carboxylic acids is 1. The third-order valence-corrected chi connectivity index (χ3v) is 5.49. The molecule has 0 radical (unpaired) electrons. The quantitative estimate of drug-likeness (QED) is 0.913. The molecule has 1 atom stereocenters. The van der Waals surface area contributed by atoms with Crippen LogP contribution in [0.2, 0.25) is 0 Å². The highest BCUT2D eigenvalue weighted by molar-refractivity contribution is 7.14. The fraction of sp³-hybridized carbons (Fsp3) is 0.286. The van der Waals surface area contributed by atoms with Gasteiger partial charge in [0.25, 0.3) is 5.91 Å². The van der Waals surface area contributed by atoms with Crippen LogP contribution in [0.1, 0.15) is 37.5 Å². The summed E-state index contributed by atoms with van der Waals surface area (Å²) in [4.78, 5) is 26.0. The Morgan fingerprint density at radius 3 is 2.85 bits per heavy atom. The van der Waals surface area contributed by atoms with Gasteiger partial charge in [0.05, 0.1) is 4.88 Å². The van der Waals surface area contributed by atoms with Crippen molar-refractivity contribution in [2.24, 2.45) is 0 Å². The molecule has 0 fully saturated rings. The van der Waals surface area contributed by atoms with Crippen molar-refractivity contribution in [3.63, 3.8) is 0 Å². The van der Waals surface area contributed by atoms with Crippen LogP contribution in [0, 0.1) is 0 Å². The topological polar surface area (TPSA) is 66.4 Å². The van der Waals surface area contributed by atoms with E-state index in [4.69, 9.17) is 0 Å². The number of nitrogens with one attached hydrogen (secondary N) is 1. The summed E-state index contributed by atoms with van der Waals surface area (Å²) in [6.07, 6.45) is 3.20. The summed E-state index contributed by atoms with van der Waals surface area (Å²) in [5.41, 5.74) is 1.24. The van der Waals surface area contributed by atoms with Crippen LogP contribution < -0.4 is 5.32 Å². The first-order chi connectivity index (χ1) is 9.65. The van der Waals surface area contributed by atoms with Gasteiger partial charge in [0.1, 0.15) is 0 Å². The van der Waals surface area contributed by atoms with E-state index < -0.39 is 12.0 Å². The molecular weight excluding hydrogens is 294 g/mol. The number of hydrogen-bond acceptors (Lipinski definition) is 4. The predicted molar refractivity (Wildman–Crippen MR) is 78.5 cm³/mol. The fourth-order valence-corrected chi connectivity index (χ4v) is 4.28. The number of amides is 1. The molecular formula is C14H13NO3S2. The lowest BCUT2D eigenvalue weighted by molar-refractivity contribution is -0.139. The summed E-state index contributed by atoms with van der Waals surface area (Å²) >= 11 is 2.81. The maximum Gasteiger partial charge on any atom is 0.331 e. The largest absolute Gasteiger partial charge is 0.479 e. The van der Waals surface area contributed by atoms with Crippen molar-refractivity contribution >= 4 is 34.6 Å². The van der Waals surface area contributed by atoms with Gasteiger partial charge in [-0.25, -0.2) is 4.79 Å². The molecule has 0 aromatic carbocycles. The molecule has 2 aromatic rings. The standard InChI is InChI=1S/C14H13NO3S2/c16-13(11-7-8-3-1-4-9(8)20-11)15-12(14(17)18)10-5-2-6-19-10/h2,5-7,12H,1,3-4H2,(H,15,16)(H,17,18).